The minimum Gasteiger partial charge on any atom is -0.481 e. The summed E-state index contributed by atoms with van der Waals surface area (Å²) >= 11 is 0. The average molecular weight is 330 g/mol. The molecule has 4 heterocycles. The molecule has 1 N–H and O–H groups in total. The fourth-order valence-corrected chi connectivity index (χ4v) is 4.45. The molecule has 1 aromatic rings. The lowest BCUT2D eigenvalue weighted by Crippen LogP contribution is -2.41. The van der Waals surface area contributed by atoms with Crippen LogP contribution < -0.4 is 10.1 Å². The molecular weight excluding hydrogens is 304 g/mol. The standard InChI is InChI=1S/C18H26N4O2/c1-3-19-18(21-9-12-5-4-8-20-17(12)23-2)22-10-13-14(11-22)16-7-6-15(13)24-16/h4-5,8,13-16H,3,6-7,9-11H2,1-2H3,(H,19,21). The highest BCUT2D eigenvalue weighted by Crippen LogP contribution is 2.47. The molecule has 6 heteroatoms. The summed E-state index contributed by atoms with van der Waals surface area (Å²) in [5, 5.41) is 3.45. The van der Waals surface area contributed by atoms with Crippen molar-refractivity contribution in [1.29, 1.82) is 0 Å². The second-order valence-electron chi connectivity index (χ2n) is 6.86. The second kappa shape index (κ2) is 6.59. The maximum Gasteiger partial charge on any atom is 0.218 e. The van der Waals surface area contributed by atoms with Crippen LogP contribution >= 0.6 is 0 Å². The highest BCUT2D eigenvalue weighted by molar-refractivity contribution is 5.80. The Labute approximate surface area is 143 Å². The van der Waals surface area contributed by atoms with E-state index in [0.717, 1.165) is 31.2 Å². The van der Waals surface area contributed by atoms with Crippen LogP contribution in [0.5, 0.6) is 5.88 Å². The van der Waals surface area contributed by atoms with Gasteiger partial charge in [0.15, 0.2) is 5.96 Å². The van der Waals surface area contributed by atoms with Gasteiger partial charge in [0.05, 0.1) is 25.9 Å². The number of likely N-dealkylation sites (tertiary alicyclic amines) is 1. The number of guanidine groups is 1. The number of hydrogen-bond donors (Lipinski definition) is 1. The highest BCUT2D eigenvalue weighted by Gasteiger charge is 2.53. The van der Waals surface area contributed by atoms with Crippen LogP contribution in [0, 0.1) is 11.8 Å². The Kier molecular flexibility index (Phi) is 4.31. The van der Waals surface area contributed by atoms with Gasteiger partial charge in [-0.15, -0.1) is 0 Å². The molecule has 1 aromatic heterocycles. The van der Waals surface area contributed by atoms with Gasteiger partial charge < -0.3 is 19.7 Å². The van der Waals surface area contributed by atoms with Crippen LogP contribution in [0.1, 0.15) is 25.3 Å². The Morgan fingerprint density at radius 3 is 2.79 bits per heavy atom. The number of aliphatic imine (C=N–C) groups is 1. The number of fused-ring (bicyclic) bond motifs is 5. The van der Waals surface area contributed by atoms with Crippen LogP contribution in [0.15, 0.2) is 23.3 Å². The van der Waals surface area contributed by atoms with Crippen molar-refractivity contribution >= 4 is 5.96 Å². The number of pyridine rings is 1. The van der Waals surface area contributed by atoms with E-state index < -0.39 is 0 Å². The number of ether oxygens (including phenoxy) is 2. The Morgan fingerprint density at radius 1 is 1.38 bits per heavy atom. The monoisotopic (exact) mass is 330 g/mol. The van der Waals surface area contributed by atoms with Crippen LogP contribution in [-0.4, -0.2) is 54.8 Å². The number of nitrogens with zero attached hydrogens (tertiary/aromatic N) is 3. The zero-order chi connectivity index (χ0) is 16.5. The summed E-state index contributed by atoms with van der Waals surface area (Å²) in [5.74, 6) is 3.01. The SMILES string of the molecule is CCNC(=NCc1cccnc1OC)N1CC2C3CCC(O3)C2C1. The first-order valence-corrected chi connectivity index (χ1v) is 8.96. The van der Waals surface area contributed by atoms with Gasteiger partial charge in [0, 0.05) is 43.2 Å². The quantitative estimate of drug-likeness (QED) is 0.672. The van der Waals surface area contributed by atoms with Gasteiger partial charge in [0.1, 0.15) is 0 Å². The number of hydrogen-bond acceptors (Lipinski definition) is 4. The van der Waals surface area contributed by atoms with E-state index in [1.807, 2.05) is 12.1 Å². The fourth-order valence-electron chi connectivity index (χ4n) is 4.45. The van der Waals surface area contributed by atoms with Gasteiger partial charge in [-0.25, -0.2) is 9.98 Å². The van der Waals surface area contributed by atoms with Crippen LogP contribution in [0.3, 0.4) is 0 Å². The van der Waals surface area contributed by atoms with Crippen molar-refractivity contribution < 1.29 is 9.47 Å². The number of nitrogens with one attached hydrogen (secondary N) is 1. The van der Waals surface area contributed by atoms with Gasteiger partial charge in [-0.2, -0.15) is 0 Å². The van der Waals surface area contributed by atoms with Gasteiger partial charge in [0.25, 0.3) is 0 Å². The van der Waals surface area contributed by atoms with Crippen LogP contribution in [0.2, 0.25) is 0 Å². The Bertz CT molecular complexity index is 603. The number of aromatic nitrogens is 1. The molecule has 0 radical (unpaired) electrons. The van der Waals surface area contributed by atoms with Crippen molar-refractivity contribution in [2.45, 2.75) is 38.5 Å². The smallest absolute Gasteiger partial charge is 0.218 e. The van der Waals surface area contributed by atoms with Crippen molar-refractivity contribution in [2.75, 3.05) is 26.7 Å². The number of methoxy groups -OCH3 is 1. The Morgan fingerprint density at radius 2 is 2.12 bits per heavy atom. The first kappa shape index (κ1) is 15.7. The molecule has 3 aliphatic rings. The molecule has 0 aliphatic carbocycles. The summed E-state index contributed by atoms with van der Waals surface area (Å²) in [5.41, 5.74) is 1.01. The Hall–Kier alpha value is -1.82. The summed E-state index contributed by atoms with van der Waals surface area (Å²) in [6, 6.07) is 3.95. The molecule has 3 fully saturated rings. The lowest BCUT2D eigenvalue weighted by molar-refractivity contribution is 0.0767. The van der Waals surface area contributed by atoms with Crippen molar-refractivity contribution in [3.05, 3.63) is 23.9 Å². The molecule has 4 atom stereocenters. The molecule has 0 amide bonds. The molecule has 0 saturated carbocycles. The largest absolute Gasteiger partial charge is 0.481 e. The van der Waals surface area contributed by atoms with Crippen LogP contribution in [0.25, 0.3) is 0 Å². The third kappa shape index (κ3) is 2.73. The summed E-state index contributed by atoms with van der Waals surface area (Å²) in [7, 11) is 1.65. The molecule has 6 nitrogen and oxygen atoms in total. The van der Waals surface area contributed by atoms with E-state index in [4.69, 9.17) is 14.5 Å². The molecule has 130 valence electrons. The molecule has 0 spiro atoms. The summed E-state index contributed by atoms with van der Waals surface area (Å²) < 4.78 is 11.4. The maximum absolute atomic E-state index is 6.08. The van der Waals surface area contributed by atoms with E-state index >= 15 is 0 Å². The molecule has 4 rings (SSSR count). The van der Waals surface area contributed by atoms with E-state index in [0.29, 0.717) is 36.5 Å². The van der Waals surface area contributed by atoms with Crippen molar-refractivity contribution in [1.82, 2.24) is 15.2 Å². The van der Waals surface area contributed by atoms with Crippen molar-refractivity contribution in [3.8, 4) is 5.88 Å². The molecule has 3 saturated heterocycles. The van der Waals surface area contributed by atoms with Crippen LogP contribution in [-0.2, 0) is 11.3 Å². The molecule has 0 aromatic carbocycles. The van der Waals surface area contributed by atoms with Gasteiger partial charge >= 0.3 is 0 Å². The summed E-state index contributed by atoms with van der Waals surface area (Å²) in [6.07, 6.45) is 5.17. The lowest BCUT2D eigenvalue weighted by atomic mass is 9.82. The predicted octanol–water partition coefficient (Wildman–Crippen LogP) is 1.66. The van der Waals surface area contributed by atoms with Gasteiger partial charge in [-0.1, -0.05) is 6.07 Å². The first-order chi connectivity index (χ1) is 11.8. The normalized spacial score (nSPS) is 31.4. The topological polar surface area (TPSA) is 59.0 Å². The zero-order valence-electron chi connectivity index (χ0n) is 14.4. The molecule has 24 heavy (non-hydrogen) atoms. The van der Waals surface area contributed by atoms with Gasteiger partial charge in [-0.05, 0) is 25.8 Å². The van der Waals surface area contributed by atoms with Crippen molar-refractivity contribution in [3.63, 3.8) is 0 Å². The maximum atomic E-state index is 6.08. The molecule has 3 aliphatic heterocycles. The lowest BCUT2D eigenvalue weighted by Gasteiger charge is -2.23. The highest BCUT2D eigenvalue weighted by atomic mass is 16.5. The second-order valence-corrected chi connectivity index (χ2v) is 6.86. The first-order valence-electron chi connectivity index (χ1n) is 8.96. The van der Waals surface area contributed by atoms with Crippen molar-refractivity contribution in [2.24, 2.45) is 16.8 Å². The molecular formula is C18H26N4O2. The minimum absolute atomic E-state index is 0.478. The fraction of sp³-hybridized carbons (Fsp3) is 0.667. The third-order valence-corrected chi connectivity index (χ3v) is 5.53. The van der Waals surface area contributed by atoms with E-state index in [-0.39, 0.29) is 0 Å². The van der Waals surface area contributed by atoms with E-state index in [9.17, 15) is 0 Å². The van der Waals surface area contributed by atoms with Crippen LogP contribution in [0.4, 0.5) is 0 Å². The molecule has 4 unspecified atom stereocenters. The van der Waals surface area contributed by atoms with E-state index in [1.54, 1.807) is 13.3 Å². The average Bonchev–Trinajstić information content (AvgIpc) is 3.31. The third-order valence-electron chi connectivity index (χ3n) is 5.53. The van der Waals surface area contributed by atoms with Gasteiger partial charge in [-0.3, -0.25) is 0 Å². The Balaban J connectivity index is 1.48. The number of rotatable bonds is 4. The predicted molar refractivity (Wildman–Crippen MR) is 92.1 cm³/mol. The molecule has 2 bridgehead atoms. The summed E-state index contributed by atoms with van der Waals surface area (Å²) in [6.45, 7) is 5.68. The summed E-state index contributed by atoms with van der Waals surface area (Å²) in [4.78, 5) is 11.5. The zero-order valence-corrected chi connectivity index (χ0v) is 14.4. The van der Waals surface area contributed by atoms with E-state index in [1.165, 1.54) is 12.8 Å². The van der Waals surface area contributed by atoms with E-state index in [2.05, 4.69) is 22.1 Å². The minimum atomic E-state index is 0.478. The van der Waals surface area contributed by atoms with Gasteiger partial charge in [0.2, 0.25) is 5.88 Å².